The zero-order valence-electron chi connectivity index (χ0n) is 12.5. The lowest BCUT2D eigenvalue weighted by Gasteiger charge is -2.59. The standard InChI is InChI=1S/C18H25NO2/c20-12-19-17-15-6-14-7-16(17)10-18(8-14,9-15)21-11-13-4-2-1-3-5-13/h1-5,14-17,19-20H,6-12H2. The summed E-state index contributed by atoms with van der Waals surface area (Å²) in [6.07, 6.45) is 6.24. The van der Waals surface area contributed by atoms with E-state index in [0.29, 0.717) is 17.9 Å². The van der Waals surface area contributed by atoms with Crippen LogP contribution in [0, 0.1) is 17.8 Å². The summed E-state index contributed by atoms with van der Waals surface area (Å²) < 4.78 is 6.46. The van der Waals surface area contributed by atoms with Gasteiger partial charge >= 0.3 is 0 Å². The molecule has 3 nitrogen and oxygen atoms in total. The highest BCUT2D eigenvalue weighted by molar-refractivity contribution is 5.14. The maximum atomic E-state index is 9.22. The Balaban J connectivity index is 1.46. The van der Waals surface area contributed by atoms with Crippen molar-refractivity contribution in [3.05, 3.63) is 35.9 Å². The molecule has 1 aromatic carbocycles. The highest BCUT2D eigenvalue weighted by atomic mass is 16.5. The van der Waals surface area contributed by atoms with Crippen LogP contribution in [0.5, 0.6) is 0 Å². The fourth-order valence-corrected chi connectivity index (χ4v) is 5.38. The molecule has 0 aliphatic heterocycles. The fraction of sp³-hybridized carbons (Fsp3) is 0.667. The predicted molar refractivity (Wildman–Crippen MR) is 81.5 cm³/mol. The molecule has 0 saturated heterocycles. The second-order valence-electron chi connectivity index (χ2n) is 7.32. The summed E-state index contributed by atoms with van der Waals surface area (Å²) in [5.74, 6) is 2.23. The third-order valence-electron chi connectivity index (χ3n) is 5.93. The highest BCUT2D eigenvalue weighted by Gasteiger charge is 2.55. The average molecular weight is 287 g/mol. The summed E-state index contributed by atoms with van der Waals surface area (Å²) in [4.78, 5) is 0. The number of ether oxygens (including phenoxy) is 1. The fourth-order valence-electron chi connectivity index (χ4n) is 5.38. The van der Waals surface area contributed by atoms with Crippen molar-refractivity contribution in [2.75, 3.05) is 6.73 Å². The van der Waals surface area contributed by atoms with Crippen LogP contribution in [-0.2, 0) is 11.3 Å². The van der Waals surface area contributed by atoms with Crippen LogP contribution >= 0.6 is 0 Å². The summed E-state index contributed by atoms with van der Waals surface area (Å²) in [6, 6.07) is 11.0. The van der Waals surface area contributed by atoms with Gasteiger partial charge in [-0.3, -0.25) is 5.32 Å². The number of hydrogen-bond acceptors (Lipinski definition) is 3. The van der Waals surface area contributed by atoms with E-state index >= 15 is 0 Å². The van der Waals surface area contributed by atoms with Crippen molar-refractivity contribution in [2.45, 2.75) is 50.4 Å². The molecule has 4 aliphatic rings. The summed E-state index contributed by atoms with van der Waals surface area (Å²) >= 11 is 0. The molecular weight excluding hydrogens is 262 g/mol. The van der Waals surface area contributed by atoms with Gasteiger partial charge < -0.3 is 9.84 Å². The summed E-state index contributed by atoms with van der Waals surface area (Å²) in [5.41, 5.74) is 1.39. The molecule has 0 spiro atoms. The van der Waals surface area contributed by atoms with Gasteiger partial charge in [0.25, 0.3) is 0 Å². The van der Waals surface area contributed by atoms with Crippen LogP contribution in [0.4, 0.5) is 0 Å². The topological polar surface area (TPSA) is 41.5 Å². The van der Waals surface area contributed by atoms with E-state index in [0.717, 1.165) is 12.5 Å². The molecule has 4 bridgehead atoms. The van der Waals surface area contributed by atoms with Gasteiger partial charge in [0, 0.05) is 6.04 Å². The molecule has 3 heteroatoms. The van der Waals surface area contributed by atoms with Crippen LogP contribution in [-0.4, -0.2) is 23.5 Å². The van der Waals surface area contributed by atoms with E-state index in [-0.39, 0.29) is 12.3 Å². The first-order valence-corrected chi connectivity index (χ1v) is 8.30. The Hall–Kier alpha value is -0.900. The molecule has 4 aliphatic carbocycles. The first-order chi connectivity index (χ1) is 10.3. The molecule has 2 unspecified atom stereocenters. The maximum Gasteiger partial charge on any atom is 0.0933 e. The van der Waals surface area contributed by atoms with Crippen LogP contribution in [0.15, 0.2) is 30.3 Å². The van der Waals surface area contributed by atoms with Gasteiger partial charge in [0.15, 0.2) is 0 Å². The predicted octanol–water partition coefficient (Wildman–Crippen LogP) is 2.69. The van der Waals surface area contributed by atoms with Crippen molar-refractivity contribution in [1.82, 2.24) is 5.32 Å². The molecule has 114 valence electrons. The third kappa shape index (κ3) is 2.52. The molecule has 0 aromatic heterocycles. The first kappa shape index (κ1) is 13.7. The van der Waals surface area contributed by atoms with E-state index in [1.807, 2.05) is 0 Å². The van der Waals surface area contributed by atoms with E-state index < -0.39 is 0 Å². The number of hydrogen-bond donors (Lipinski definition) is 2. The normalized spacial score (nSPS) is 40.6. The molecular formula is C18H25NO2. The zero-order chi connectivity index (χ0) is 14.3. The Labute approximate surface area is 126 Å². The van der Waals surface area contributed by atoms with Crippen molar-refractivity contribution in [1.29, 1.82) is 0 Å². The van der Waals surface area contributed by atoms with Gasteiger partial charge in [0.1, 0.15) is 0 Å². The average Bonchev–Trinajstić information content (AvgIpc) is 2.49. The van der Waals surface area contributed by atoms with Crippen LogP contribution in [0.3, 0.4) is 0 Å². The third-order valence-corrected chi connectivity index (χ3v) is 5.93. The van der Waals surface area contributed by atoms with E-state index in [1.165, 1.54) is 37.7 Å². The van der Waals surface area contributed by atoms with Gasteiger partial charge in [-0.05, 0) is 55.4 Å². The smallest absolute Gasteiger partial charge is 0.0933 e. The molecule has 0 heterocycles. The Bertz CT molecular complexity index is 473. The van der Waals surface area contributed by atoms with E-state index in [4.69, 9.17) is 4.74 Å². The van der Waals surface area contributed by atoms with Crippen LogP contribution in [0.1, 0.15) is 37.7 Å². The van der Waals surface area contributed by atoms with Crippen LogP contribution < -0.4 is 5.32 Å². The van der Waals surface area contributed by atoms with Crippen molar-refractivity contribution < 1.29 is 9.84 Å². The number of aliphatic hydroxyl groups is 1. The quantitative estimate of drug-likeness (QED) is 0.818. The second-order valence-corrected chi connectivity index (χ2v) is 7.32. The molecule has 5 rings (SSSR count). The maximum absolute atomic E-state index is 9.22. The zero-order valence-corrected chi connectivity index (χ0v) is 12.5. The summed E-state index contributed by atoms with van der Waals surface area (Å²) in [5, 5.41) is 12.5. The van der Waals surface area contributed by atoms with E-state index in [9.17, 15) is 5.11 Å². The molecule has 4 fully saturated rings. The molecule has 0 amide bonds. The Morgan fingerprint density at radius 1 is 1.10 bits per heavy atom. The van der Waals surface area contributed by atoms with Gasteiger partial charge in [-0.1, -0.05) is 30.3 Å². The van der Waals surface area contributed by atoms with Crippen molar-refractivity contribution in [3.63, 3.8) is 0 Å². The molecule has 1 aromatic rings. The van der Waals surface area contributed by atoms with Crippen molar-refractivity contribution >= 4 is 0 Å². The Kier molecular flexibility index (Phi) is 3.52. The van der Waals surface area contributed by atoms with Crippen LogP contribution in [0.25, 0.3) is 0 Å². The molecule has 2 N–H and O–H groups in total. The highest BCUT2D eigenvalue weighted by Crippen LogP contribution is 2.57. The summed E-state index contributed by atoms with van der Waals surface area (Å²) in [7, 11) is 0. The van der Waals surface area contributed by atoms with Gasteiger partial charge in [-0.15, -0.1) is 0 Å². The van der Waals surface area contributed by atoms with Gasteiger partial charge in [-0.2, -0.15) is 0 Å². The Morgan fingerprint density at radius 3 is 2.48 bits per heavy atom. The molecule has 0 radical (unpaired) electrons. The van der Waals surface area contributed by atoms with Gasteiger partial charge in [0.05, 0.1) is 18.9 Å². The largest absolute Gasteiger partial charge is 0.381 e. The number of nitrogens with one attached hydrogen (secondary N) is 1. The lowest BCUT2D eigenvalue weighted by molar-refractivity contribution is -0.180. The first-order valence-electron chi connectivity index (χ1n) is 8.30. The number of benzene rings is 1. The number of rotatable bonds is 5. The second kappa shape index (κ2) is 5.38. The van der Waals surface area contributed by atoms with Crippen molar-refractivity contribution in [2.24, 2.45) is 17.8 Å². The van der Waals surface area contributed by atoms with Crippen molar-refractivity contribution in [3.8, 4) is 0 Å². The minimum Gasteiger partial charge on any atom is -0.381 e. The lowest BCUT2D eigenvalue weighted by atomic mass is 9.52. The lowest BCUT2D eigenvalue weighted by Crippen LogP contribution is -2.61. The molecule has 21 heavy (non-hydrogen) atoms. The molecule has 2 atom stereocenters. The minimum atomic E-state index is 0.111. The van der Waals surface area contributed by atoms with E-state index in [1.54, 1.807) is 0 Å². The van der Waals surface area contributed by atoms with Crippen LogP contribution in [0.2, 0.25) is 0 Å². The Morgan fingerprint density at radius 2 is 1.81 bits per heavy atom. The molecule has 4 saturated carbocycles. The van der Waals surface area contributed by atoms with Gasteiger partial charge in [0.2, 0.25) is 0 Å². The van der Waals surface area contributed by atoms with Gasteiger partial charge in [-0.25, -0.2) is 0 Å². The monoisotopic (exact) mass is 287 g/mol. The SMILES string of the molecule is OCNC1C2CC3CC1CC(OCc1ccccc1)(C3)C2. The summed E-state index contributed by atoms with van der Waals surface area (Å²) in [6.45, 7) is 0.852. The minimum absolute atomic E-state index is 0.111. The number of aliphatic hydroxyl groups excluding tert-OH is 1. The van der Waals surface area contributed by atoms with E-state index in [2.05, 4.69) is 35.6 Å².